The number of rotatable bonds is 6. The molecule has 0 aliphatic carbocycles. The first-order valence-corrected chi connectivity index (χ1v) is 13.6. The number of aromatic nitrogens is 5. The lowest BCUT2D eigenvalue weighted by molar-refractivity contribution is 0.0205. The summed E-state index contributed by atoms with van der Waals surface area (Å²) in [7, 11) is 0. The summed E-state index contributed by atoms with van der Waals surface area (Å²) in [5.74, 6) is 0.836. The summed E-state index contributed by atoms with van der Waals surface area (Å²) >= 11 is 5.95. The zero-order chi connectivity index (χ0) is 27.7. The first-order valence-electron chi connectivity index (χ1n) is 13.2. The summed E-state index contributed by atoms with van der Waals surface area (Å²) in [4.78, 5) is 38.1. The van der Waals surface area contributed by atoms with Crippen molar-refractivity contribution >= 4 is 34.4 Å². The quantitative estimate of drug-likeness (QED) is 0.299. The van der Waals surface area contributed by atoms with Gasteiger partial charge in [0.2, 0.25) is 0 Å². The number of imidazole rings is 1. The fourth-order valence-corrected chi connectivity index (χ4v) is 5.18. The molecule has 1 aliphatic rings. The highest BCUT2D eigenvalue weighted by Crippen LogP contribution is 2.33. The Hall–Kier alpha value is -3.79. The molecule has 0 radical (unpaired) electrons. The van der Waals surface area contributed by atoms with Crippen LogP contribution in [-0.4, -0.2) is 61.0 Å². The Labute approximate surface area is 231 Å². The summed E-state index contributed by atoms with van der Waals surface area (Å²) in [6.07, 6.45) is 6.43. The van der Waals surface area contributed by atoms with Gasteiger partial charge in [0.05, 0.1) is 34.5 Å². The van der Waals surface area contributed by atoms with E-state index >= 15 is 0 Å². The first-order chi connectivity index (χ1) is 18.6. The van der Waals surface area contributed by atoms with Gasteiger partial charge in [-0.1, -0.05) is 17.7 Å². The van der Waals surface area contributed by atoms with Gasteiger partial charge in [0.15, 0.2) is 0 Å². The number of H-pyrrole nitrogens is 2. The van der Waals surface area contributed by atoms with Crippen LogP contribution in [-0.2, 0) is 11.3 Å². The number of ether oxygens (including phenoxy) is 1. The standard InChI is InChI=1S/C28H34ClN7O3/c1-17-13-19(18-6-10-35(11-7-18)27(38)39-28(2,3)4)14-22-24(17)34-25(33-22)23-21(5-8-31-26(23)37)30-9-12-36-16-20(29)15-32-36/h5,8,13-16,18H,6-7,9-12H2,1-4H3,(H,33,34)(H2,30,31,37). The lowest BCUT2D eigenvalue weighted by Gasteiger charge is -2.33. The molecule has 39 heavy (non-hydrogen) atoms. The van der Waals surface area contributed by atoms with E-state index in [1.165, 1.54) is 5.56 Å². The van der Waals surface area contributed by atoms with Gasteiger partial charge in [0.25, 0.3) is 5.56 Å². The Bertz CT molecular complexity index is 1540. The predicted octanol–water partition coefficient (Wildman–Crippen LogP) is 5.30. The fourth-order valence-electron chi connectivity index (χ4n) is 5.02. The average molecular weight is 552 g/mol. The molecule has 206 valence electrons. The molecule has 0 unspecified atom stereocenters. The van der Waals surface area contributed by atoms with Crippen molar-refractivity contribution < 1.29 is 9.53 Å². The number of halogens is 1. The van der Waals surface area contributed by atoms with Crippen LogP contribution in [0.25, 0.3) is 22.4 Å². The van der Waals surface area contributed by atoms with E-state index in [-0.39, 0.29) is 11.7 Å². The van der Waals surface area contributed by atoms with E-state index in [0.29, 0.717) is 54.2 Å². The Morgan fingerprint density at radius 1 is 1.26 bits per heavy atom. The normalized spacial score (nSPS) is 14.6. The van der Waals surface area contributed by atoms with Crippen molar-refractivity contribution in [3.8, 4) is 11.4 Å². The van der Waals surface area contributed by atoms with Crippen LogP contribution >= 0.6 is 11.6 Å². The molecule has 0 atom stereocenters. The highest BCUT2D eigenvalue weighted by Gasteiger charge is 2.28. The van der Waals surface area contributed by atoms with Gasteiger partial charge in [0, 0.05) is 32.0 Å². The maximum atomic E-state index is 12.9. The minimum atomic E-state index is -0.502. The fraction of sp³-hybridized carbons (Fsp3) is 0.429. The number of aromatic amines is 2. The molecule has 1 amide bonds. The van der Waals surface area contributed by atoms with Crippen LogP contribution in [0.15, 0.2) is 41.6 Å². The van der Waals surface area contributed by atoms with E-state index in [1.54, 1.807) is 28.2 Å². The number of carbonyl (C=O) groups is 1. The Morgan fingerprint density at radius 3 is 2.72 bits per heavy atom. The lowest BCUT2D eigenvalue weighted by Crippen LogP contribution is -2.41. The van der Waals surface area contributed by atoms with Crippen molar-refractivity contribution in [3.63, 3.8) is 0 Å². The molecule has 0 bridgehead atoms. The van der Waals surface area contributed by atoms with Crippen LogP contribution in [0.2, 0.25) is 5.02 Å². The number of amides is 1. The van der Waals surface area contributed by atoms with Gasteiger partial charge >= 0.3 is 6.09 Å². The number of hydrogen-bond donors (Lipinski definition) is 3. The smallest absolute Gasteiger partial charge is 0.410 e. The van der Waals surface area contributed by atoms with E-state index in [4.69, 9.17) is 21.3 Å². The number of anilines is 1. The molecule has 4 aromatic rings. The Kier molecular flexibility index (Phi) is 7.40. The van der Waals surface area contributed by atoms with E-state index in [2.05, 4.69) is 32.5 Å². The van der Waals surface area contributed by atoms with Gasteiger partial charge < -0.3 is 24.9 Å². The number of nitrogens with zero attached hydrogens (tertiary/aromatic N) is 4. The average Bonchev–Trinajstić information content (AvgIpc) is 3.49. The maximum absolute atomic E-state index is 12.9. The molecule has 0 spiro atoms. The van der Waals surface area contributed by atoms with E-state index < -0.39 is 5.60 Å². The van der Waals surface area contributed by atoms with E-state index in [9.17, 15) is 9.59 Å². The van der Waals surface area contributed by atoms with Gasteiger partial charge in [-0.15, -0.1) is 0 Å². The topological polar surface area (TPSA) is 121 Å². The van der Waals surface area contributed by atoms with Gasteiger partial charge in [0.1, 0.15) is 17.0 Å². The molecule has 11 heteroatoms. The lowest BCUT2D eigenvalue weighted by atomic mass is 9.88. The SMILES string of the molecule is Cc1cc(C2CCN(C(=O)OC(C)(C)C)CC2)cc2[nH]c(-c3c(NCCn4cc(Cl)cn4)cc[nH]c3=O)nc12. The molecular formula is C28H34ClN7O3. The number of piperidine rings is 1. The van der Waals surface area contributed by atoms with Crippen molar-refractivity contribution in [2.75, 3.05) is 25.0 Å². The third-order valence-corrected chi connectivity index (χ3v) is 7.07. The third kappa shape index (κ3) is 6.11. The van der Waals surface area contributed by atoms with Crippen LogP contribution in [0.1, 0.15) is 50.7 Å². The maximum Gasteiger partial charge on any atom is 0.410 e. The highest BCUT2D eigenvalue weighted by molar-refractivity contribution is 6.30. The molecule has 1 fully saturated rings. The summed E-state index contributed by atoms with van der Waals surface area (Å²) in [6, 6.07) is 6.12. The van der Waals surface area contributed by atoms with Crippen LogP contribution in [0.5, 0.6) is 0 Å². The number of benzene rings is 1. The summed E-state index contributed by atoms with van der Waals surface area (Å²) in [6.45, 7) is 10.1. The summed E-state index contributed by atoms with van der Waals surface area (Å²) in [5, 5.41) is 8.10. The zero-order valence-corrected chi connectivity index (χ0v) is 23.4. The second-order valence-corrected chi connectivity index (χ2v) is 11.4. The monoisotopic (exact) mass is 551 g/mol. The van der Waals surface area contributed by atoms with Gasteiger partial charge in [-0.3, -0.25) is 9.48 Å². The number of fused-ring (bicyclic) bond motifs is 1. The Balaban J connectivity index is 1.34. The minimum absolute atomic E-state index is 0.228. The van der Waals surface area contributed by atoms with Gasteiger partial charge in [-0.2, -0.15) is 5.10 Å². The van der Waals surface area contributed by atoms with Crippen molar-refractivity contribution in [3.05, 3.63) is 63.3 Å². The molecule has 1 saturated heterocycles. The number of pyridine rings is 1. The third-order valence-electron chi connectivity index (χ3n) is 6.87. The molecule has 1 aromatic carbocycles. The number of nitrogens with one attached hydrogen (secondary N) is 3. The summed E-state index contributed by atoms with van der Waals surface area (Å²) in [5.41, 5.74) is 4.37. The van der Waals surface area contributed by atoms with E-state index in [0.717, 1.165) is 29.4 Å². The minimum Gasteiger partial charge on any atom is -0.444 e. The molecule has 3 aromatic heterocycles. The molecule has 3 N–H and O–H groups in total. The van der Waals surface area contributed by atoms with Crippen LogP contribution in [0.4, 0.5) is 10.5 Å². The molecule has 5 rings (SSSR count). The molecular weight excluding hydrogens is 518 g/mol. The van der Waals surface area contributed by atoms with Crippen LogP contribution in [0, 0.1) is 6.92 Å². The first kappa shape index (κ1) is 26.8. The van der Waals surface area contributed by atoms with Gasteiger partial charge in [-0.25, -0.2) is 9.78 Å². The largest absolute Gasteiger partial charge is 0.444 e. The van der Waals surface area contributed by atoms with Crippen LogP contribution < -0.4 is 10.9 Å². The second kappa shape index (κ2) is 10.8. The van der Waals surface area contributed by atoms with E-state index in [1.807, 2.05) is 33.8 Å². The van der Waals surface area contributed by atoms with Crippen molar-refractivity contribution in [1.82, 2.24) is 29.6 Å². The zero-order valence-electron chi connectivity index (χ0n) is 22.7. The number of aryl methyl sites for hydroxylation is 1. The van der Waals surface area contributed by atoms with Crippen molar-refractivity contribution in [1.29, 1.82) is 0 Å². The number of hydrogen-bond acceptors (Lipinski definition) is 6. The van der Waals surface area contributed by atoms with Crippen molar-refractivity contribution in [2.24, 2.45) is 0 Å². The second-order valence-electron chi connectivity index (χ2n) is 11.0. The van der Waals surface area contributed by atoms with Gasteiger partial charge in [-0.05, 0) is 69.7 Å². The molecule has 0 saturated carbocycles. The predicted molar refractivity (Wildman–Crippen MR) is 152 cm³/mol. The van der Waals surface area contributed by atoms with Crippen molar-refractivity contribution in [2.45, 2.75) is 58.6 Å². The number of likely N-dealkylation sites (tertiary alicyclic amines) is 1. The molecule has 10 nitrogen and oxygen atoms in total. The highest BCUT2D eigenvalue weighted by atomic mass is 35.5. The molecule has 1 aliphatic heterocycles. The Morgan fingerprint density at radius 2 is 2.03 bits per heavy atom. The number of carbonyl (C=O) groups excluding carboxylic acids is 1. The molecule has 4 heterocycles. The summed E-state index contributed by atoms with van der Waals surface area (Å²) < 4.78 is 7.28. The van der Waals surface area contributed by atoms with Crippen LogP contribution in [0.3, 0.4) is 0 Å².